The predicted molar refractivity (Wildman–Crippen MR) is 84.2 cm³/mol. The molecule has 0 fully saturated rings. The summed E-state index contributed by atoms with van der Waals surface area (Å²) < 4.78 is 54.6. The van der Waals surface area contributed by atoms with E-state index in [-0.39, 0.29) is 17.1 Å². The monoisotopic (exact) mass is 430 g/mol. The second kappa shape index (κ2) is 6.48. The number of alkyl halides is 3. The largest absolute Gasteiger partial charge is 0.478 e. The third kappa shape index (κ3) is 3.29. The van der Waals surface area contributed by atoms with E-state index in [4.69, 9.17) is 5.11 Å². The molecule has 0 aliphatic heterocycles. The number of carbonyl (C=O) groups is 1. The van der Waals surface area contributed by atoms with Gasteiger partial charge in [-0.15, -0.1) is 0 Å². The van der Waals surface area contributed by atoms with Crippen LogP contribution in [0, 0.1) is 5.95 Å². The highest BCUT2D eigenvalue weighted by atomic mass is 79.9. The summed E-state index contributed by atoms with van der Waals surface area (Å²) in [7, 11) is 0. The highest BCUT2D eigenvalue weighted by Gasteiger charge is 2.41. The Hall–Kier alpha value is -2.82. The van der Waals surface area contributed by atoms with Crippen LogP contribution in [0.25, 0.3) is 17.1 Å². The average molecular weight is 431 g/mol. The van der Waals surface area contributed by atoms with Gasteiger partial charge in [0.2, 0.25) is 5.95 Å². The van der Waals surface area contributed by atoms with Crippen LogP contribution < -0.4 is 0 Å². The summed E-state index contributed by atoms with van der Waals surface area (Å²) in [4.78, 5) is 18.5. The maximum atomic E-state index is 13.9. The summed E-state index contributed by atoms with van der Waals surface area (Å²) in [5.74, 6) is -2.95. The third-order valence-corrected chi connectivity index (χ3v) is 3.73. The van der Waals surface area contributed by atoms with Crippen molar-refractivity contribution in [3.05, 3.63) is 58.3 Å². The van der Waals surface area contributed by atoms with Crippen molar-refractivity contribution < 1.29 is 27.5 Å². The Kier molecular flexibility index (Phi) is 4.48. The summed E-state index contributed by atoms with van der Waals surface area (Å²) >= 11 is 3.13. The maximum absolute atomic E-state index is 13.9. The Bertz CT molecular complexity index is 1000. The van der Waals surface area contributed by atoms with Crippen LogP contribution >= 0.6 is 15.9 Å². The third-order valence-electron chi connectivity index (χ3n) is 3.30. The number of hydrogen-bond donors (Lipinski definition) is 1. The van der Waals surface area contributed by atoms with E-state index in [0.29, 0.717) is 15.4 Å². The molecule has 3 aromatic rings. The van der Waals surface area contributed by atoms with Crippen molar-refractivity contribution in [2.45, 2.75) is 6.18 Å². The van der Waals surface area contributed by atoms with E-state index >= 15 is 0 Å². The molecule has 0 spiro atoms. The van der Waals surface area contributed by atoms with Crippen LogP contribution in [0.1, 0.15) is 16.1 Å². The molecule has 0 unspecified atom stereocenters. The van der Waals surface area contributed by atoms with Crippen molar-refractivity contribution in [1.82, 2.24) is 19.7 Å². The lowest BCUT2D eigenvalue weighted by molar-refractivity contribution is -0.143. The average Bonchev–Trinajstić information content (AvgIpc) is 3.03. The van der Waals surface area contributed by atoms with E-state index in [9.17, 15) is 22.4 Å². The van der Waals surface area contributed by atoms with Gasteiger partial charge in [-0.1, -0.05) is 6.07 Å². The lowest BCUT2D eigenvalue weighted by Crippen LogP contribution is -2.18. The quantitative estimate of drug-likeness (QED) is 0.502. The first-order valence-electron chi connectivity index (χ1n) is 6.86. The first kappa shape index (κ1) is 18.0. The van der Waals surface area contributed by atoms with E-state index in [0.717, 1.165) is 0 Å². The van der Waals surface area contributed by atoms with E-state index < -0.39 is 29.4 Å². The Morgan fingerprint density at radius 3 is 2.62 bits per heavy atom. The molecule has 26 heavy (non-hydrogen) atoms. The minimum absolute atomic E-state index is 0.00861. The van der Waals surface area contributed by atoms with Crippen molar-refractivity contribution in [3.63, 3.8) is 0 Å². The number of hydrogen-bond acceptors (Lipinski definition) is 4. The molecule has 0 radical (unpaired) electrons. The molecule has 0 aliphatic rings. The minimum atomic E-state index is -4.98. The Morgan fingerprint density at radius 2 is 1.96 bits per heavy atom. The van der Waals surface area contributed by atoms with E-state index in [2.05, 4.69) is 31.0 Å². The number of aromatic nitrogens is 4. The fourth-order valence-corrected chi connectivity index (χ4v) is 2.58. The molecule has 0 amide bonds. The highest BCUT2D eigenvalue weighted by Crippen LogP contribution is 2.34. The van der Waals surface area contributed by atoms with Gasteiger partial charge in [0.1, 0.15) is 5.56 Å². The SMILES string of the molecule is O=C(O)c1cnn(-c2cccc(-c3cc(Br)cnc3F)n2)c1C(F)(F)F. The first-order chi connectivity index (χ1) is 12.2. The second-order valence-corrected chi connectivity index (χ2v) is 5.91. The molecule has 134 valence electrons. The lowest BCUT2D eigenvalue weighted by Gasteiger charge is -2.12. The molecule has 0 saturated carbocycles. The molecular formula is C15H7BrF4N4O2. The number of aromatic carboxylic acids is 1. The lowest BCUT2D eigenvalue weighted by atomic mass is 10.2. The van der Waals surface area contributed by atoms with Crippen LogP contribution in [0.15, 0.2) is 41.1 Å². The molecule has 0 atom stereocenters. The Morgan fingerprint density at radius 1 is 1.23 bits per heavy atom. The molecule has 6 nitrogen and oxygen atoms in total. The van der Waals surface area contributed by atoms with Crippen molar-refractivity contribution in [2.75, 3.05) is 0 Å². The van der Waals surface area contributed by atoms with E-state index in [1.54, 1.807) is 0 Å². The van der Waals surface area contributed by atoms with Gasteiger partial charge in [-0.25, -0.2) is 19.4 Å². The van der Waals surface area contributed by atoms with Crippen LogP contribution in [-0.4, -0.2) is 30.8 Å². The molecule has 0 aromatic carbocycles. The van der Waals surface area contributed by atoms with E-state index in [1.165, 1.54) is 30.5 Å². The number of halogens is 5. The van der Waals surface area contributed by atoms with Gasteiger partial charge in [0, 0.05) is 10.7 Å². The molecule has 3 aromatic heterocycles. The highest BCUT2D eigenvalue weighted by molar-refractivity contribution is 9.10. The van der Waals surface area contributed by atoms with Gasteiger partial charge < -0.3 is 5.11 Å². The van der Waals surface area contributed by atoms with Crippen LogP contribution in [0.2, 0.25) is 0 Å². The molecule has 0 aliphatic carbocycles. The fraction of sp³-hybridized carbons (Fsp3) is 0.0667. The molecule has 0 bridgehead atoms. The zero-order valence-corrected chi connectivity index (χ0v) is 14.1. The smallest absolute Gasteiger partial charge is 0.434 e. The van der Waals surface area contributed by atoms with Gasteiger partial charge in [-0.05, 0) is 34.1 Å². The standard InChI is InChI=1S/C15H7BrF4N4O2/c16-7-4-8(13(17)21-5-7)10-2-1-3-11(23-10)24-12(15(18,19)20)9(6-22-24)14(25)26/h1-6H,(H,25,26). The molecule has 3 rings (SSSR count). The van der Waals surface area contributed by atoms with E-state index in [1.807, 2.05) is 0 Å². The Labute approximate surface area is 151 Å². The van der Waals surface area contributed by atoms with Crippen LogP contribution in [-0.2, 0) is 6.18 Å². The molecular weight excluding hydrogens is 424 g/mol. The minimum Gasteiger partial charge on any atom is -0.478 e. The normalized spacial score (nSPS) is 11.6. The topological polar surface area (TPSA) is 80.9 Å². The summed E-state index contributed by atoms with van der Waals surface area (Å²) in [5.41, 5.74) is -2.53. The van der Waals surface area contributed by atoms with Crippen molar-refractivity contribution in [3.8, 4) is 17.1 Å². The summed E-state index contributed by atoms with van der Waals surface area (Å²) in [5, 5.41) is 12.4. The second-order valence-electron chi connectivity index (χ2n) is 4.99. The van der Waals surface area contributed by atoms with Gasteiger partial charge in [-0.3, -0.25) is 0 Å². The molecule has 0 saturated heterocycles. The van der Waals surface area contributed by atoms with Crippen LogP contribution in [0.3, 0.4) is 0 Å². The number of carboxylic acids is 1. The van der Waals surface area contributed by atoms with Gasteiger partial charge in [0.05, 0.1) is 17.5 Å². The van der Waals surface area contributed by atoms with Crippen LogP contribution in [0.4, 0.5) is 17.6 Å². The number of pyridine rings is 2. The number of rotatable bonds is 3. The summed E-state index contributed by atoms with van der Waals surface area (Å²) in [6.07, 6.45) is -3.18. The molecule has 3 heterocycles. The maximum Gasteiger partial charge on any atom is 0.434 e. The van der Waals surface area contributed by atoms with Gasteiger partial charge in [0.15, 0.2) is 11.5 Å². The van der Waals surface area contributed by atoms with Gasteiger partial charge in [0.25, 0.3) is 0 Å². The molecule has 1 N–H and O–H groups in total. The zero-order chi connectivity index (χ0) is 19.1. The fourth-order valence-electron chi connectivity index (χ4n) is 2.24. The van der Waals surface area contributed by atoms with Crippen LogP contribution in [0.5, 0.6) is 0 Å². The summed E-state index contributed by atoms with van der Waals surface area (Å²) in [6.45, 7) is 0. The van der Waals surface area contributed by atoms with Gasteiger partial charge >= 0.3 is 12.1 Å². The van der Waals surface area contributed by atoms with Gasteiger partial charge in [-0.2, -0.15) is 22.7 Å². The zero-order valence-electron chi connectivity index (χ0n) is 12.5. The first-order valence-corrected chi connectivity index (χ1v) is 7.65. The Balaban J connectivity index is 2.18. The molecule has 11 heteroatoms. The summed E-state index contributed by atoms with van der Waals surface area (Å²) in [6, 6.07) is 5.29. The van der Waals surface area contributed by atoms with Crippen molar-refractivity contribution in [2.24, 2.45) is 0 Å². The predicted octanol–water partition coefficient (Wildman–Crippen LogP) is 3.95. The number of carboxylic acid groups (broad SMARTS) is 1. The number of nitrogens with zero attached hydrogens (tertiary/aromatic N) is 4. The van der Waals surface area contributed by atoms with Crippen molar-refractivity contribution in [1.29, 1.82) is 0 Å². The van der Waals surface area contributed by atoms with Crippen molar-refractivity contribution >= 4 is 21.9 Å².